The van der Waals surface area contributed by atoms with Gasteiger partial charge in [0.25, 0.3) is 0 Å². The first-order valence-corrected chi connectivity index (χ1v) is 3.37. The van der Waals surface area contributed by atoms with Crippen molar-refractivity contribution >= 4 is 0 Å². The van der Waals surface area contributed by atoms with Gasteiger partial charge in [0.2, 0.25) is 0 Å². The second-order valence-electron chi connectivity index (χ2n) is 2.24. The summed E-state index contributed by atoms with van der Waals surface area (Å²) in [5, 5.41) is 8.14. The topological polar surface area (TPSA) is 51.7 Å². The Morgan fingerprint density at radius 1 is 1.20 bits per heavy atom. The van der Waals surface area contributed by atoms with E-state index in [4.69, 9.17) is 5.11 Å². The Kier molecular flexibility index (Phi) is 25.9. The highest BCUT2D eigenvalue weighted by atomic mass is 16.3. The molecule has 0 amide bonds. The molecule has 0 radical (unpaired) electrons. The SMILES string of the molecule is CC(C)CO.CC=CC.O. The first-order valence-electron chi connectivity index (χ1n) is 3.37. The summed E-state index contributed by atoms with van der Waals surface area (Å²) in [5.41, 5.74) is 0. The van der Waals surface area contributed by atoms with Crippen molar-refractivity contribution in [2.75, 3.05) is 6.61 Å². The van der Waals surface area contributed by atoms with Crippen LogP contribution in [0.5, 0.6) is 0 Å². The van der Waals surface area contributed by atoms with Gasteiger partial charge in [0.1, 0.15) is 0 Å². The van der Waals surface area contributed by atoms with E-state index in [2.05, 4.69) is 0 Å². The van der Waals surface area contributed by atoms with Crippen LogP contribution in [-0.4, -0.2) is 17.2 Å². The maximum Gasteiger partial charge on any atom is 0.0453 e. The zero-order valence-electron chi connectivity index (χ0n) is 7.39. The van der Waals surface area contributed by atoms with Gasteiger partial charge in [0, 0.05) is 6.61 Å². The Bertz CT molecular complexity index is 54.3. The molecule has 2 nitrogen and oxygen atoms in total. The Morgan fingerprint density at radius 3 is 1.40 bits per heavy atom. The van der Waals surface area contributed by atoms with Crippen molar-refractivity contribution in [1.82, 2.24) is 0 Å². The van der Waals surface area contributed by atoms with E-state index in [1.165, 1.54) is 0 Å². The highest BCUT2D eigenvalue weighted by Gasteiger charge is 1.81. The standard InChI is InChI=1S/C4H10O.C4H8.H2O/c1-4(2)3-5;1-3-4-2;/h4-5H,3H2,1-2H3;3-4H,1-2H3;1H2. The minimum absolute atomic E-state index is 0. The van der Waals surface area contributed by atoms with Crippen molar-refractivity contribution < 1.29 is 10.6 Å². The average molecular weight is 148 g/mol. The van der Waals surface area contributed by atoms with Gasteiger partial charge in [-0.05, 0) is 19.8 Å². The second kappa shape index (κ2) is 15.9. The molecule has 0 atom stereocenters. The van der Waals surface area contributed by atoms with Crippen LogP contribution in [0.3, 0.4) is 0 Å². The summed E-state index contributed by atoms with van der Waals surface area (Å²) in [4.78, 5) is 0. The lowest BCUT2D eigenvalue weighted by molar-refractivity contribution is 0.248. The molecule has 0 aliphatic carbocycles. The van der Waals surface area contributed by atoms with E-state index in [1.807, 2.05) is 39.8 Å². The van der Waals surface area contributed by atoms with Crippen molar-refractivity contribution in [3.63, 3.8) is 0 Å². The number of hydrogen-bond acceptors (Lipinski definition) is 1. The molecular formula is C8H20O2. The number of allylic oxidation sites excluding steroid dienone is 2. The van der Waals surface area contributed by atoms with Crippen LogP contribution in [0.4, 0.5) is 0 Å². The van der Waals surface area contributed by atoms with Crippen molar-refractivity contribution in [2.45, 2.75) is 27.7 Å². The second-order valence-corrected chi connectivity index (χ2v) is 2.24. The van der Waals surface area contributed by atoms with Crippen molar-refractivity contribution in [2.24, 2.45) is 5.92 Å². The van der Waals surface area contributed by atoms with Crippen LogP contribution in [0.15, 0.2) is 12.2 Å². The molecule has 0 aliphatic heterocycles. The molecule has 0 bridgehead atoms. The normalized spacial score (nSPS) is 8.60. The van der Waals surface area contributed by atoms with Gasteiger partial charge in [-0.25, -0.2) is 0 Å². The van der Waals surface area contributed by atoms with Crippen LogP contribution >= 0.6 is 0 Å². The fourth-order valence-electron chi connectivity index (χ4n) is 0. The Balaban J connectivity index is -0.0000000910. The summed E-state index contributed by atoms with van der Waals surface area (Å²) in [7, 11) is 0. The van der Waals surface area contributed by atoms with Gasteiger partial charge in [-0.3, -0.25) is 0 Å². The average Bonchev–Trinajstić information content (AvgIpc) is 1.89. The molecule has 0 rings (SSSR count). The maximum absolute atomic E-state index is 8.14. The molecule has 0 unspecified atom stereocenters. The number of hydrogen-bond donors (Lipinski definition) is 1. The number of aliphatic hydroxyl groups is 1. The molecule has 0 saturated heterocycles. The van der Waals surface area contributed by atoms with E-state index in [0.29, 0.717) is 12.5 Å². The smallest absolute Gasteiger partial charge is 0.0453 e. The third kappa shape index (κ3) is 48.0. The van der Waals surface area contributed by atoms with E-state index in [0.717, 1.165) is 0 Å². The minimum Gasteiger partial charge on any atom is -0.412 e. The lowest BCUT2D eigenvalue weighted by atomic mass is 10.2. The Labute approximate surface area is 63.9 Å². The zero-order valence-corrected chi connectivity index (χ0v) is 7.39. The van der Waals surface area contributed by atoms with Crippen LogP contribution in [0.1, 0.15) is 27.7 Å². The Hall–Kier alpha value is -0.340. The fourth-order valence-corrected chi connectivity index (χ4v) is 0. The summed E-state index contributed by atoms with van der Waals surface area (Å²) in [6.45, 7) is 8.25. The minimum atomic E-state index is 0. The van der Waals surface area contributed by atoms with Gasteiger partial charge in [0.05, 0.1) is 0 Å². The van der Waals surface area contributed by atoms with Crippen LogP contribution < -0.4 is 0 Å². The largest absolute Gasteiger partial charge is 0.412 e. The van der Waals surface area contributed by atoms with Gasteiger partial charge in [-0.15, -0.1) is 0 Å². The lowest BCUT2D eigenvalue weighted by Gasteiger charge is -1.90. The van der Waals surface area contributed by atoms with E-state index in [1.54, 1.807) is 0 Å². The predicted molar refractivity (Wildman–Crippen MR) is 46.0 cm³/mol. The van der Waals surface area contributed by atoms with Crippen molar-refractivity contribution in [3.05, 3.63) is 12.2 Å². The van der Waals surface area contributed by atoms with E-state index in [9.17, 15) is 0 Å². The molecule has 0 heterocycles. The Morgan fingerprint density at radius 2 is 1.40 bits per heavy atom. The van der Waals surface area contributed by atoms with Gasteiger partial charge < -0.3 is 10.6 Å². The molecule has 3 N–H and O–H groups in total. The highest BCUT2D eigenvalue weighted by molar-refractivity contribution is 4.68. The van der Waals surface area contributed by atoms with Gasteiger partial charge in [0.15, 0.2) is 0 Å². The molecule has 0 aliphatic rings. The summed E-state index contributed by atoms with van der Waals surface area (Å²) >= 11 is 0. The van der Waals surface area contributed by atoms with E-state index >= 15 is 0 Å². The van der Waals surface area contributed by atoms with E-state index in [-0.39, 0.29) is 5.48 Å². The molecule has 2 heteroatoms. The highest BCUT2D eigenvalue weighted by Crippen LogP contribution is 1.83. The molecule has 0 fully saturated rings. The molecule has 0 aromatic rings. The van der Waals surface area contributed by atoms with Crippen LogP contribution in [-0.2, 0) is 0 Å². The summed E-state index contributed by atoms with van der Waals surface area (Å²) < 4.78 is 0. The summed E-state index contributed by atoms with van der Waals surface area (Å²) in [6, 6.07) is 0. The third-order valence-corrected chi connectivity index (χ3v) is 0.698. The third-order valence-electron chi connectivity index (χ3n) is 0.698. The first kappa shape index (κ1) is 16.3. The van der Waals surface area contributed by atoms with Crippen molar-refractivity contribution in [3.8, 4) is 0 Å². The predicted octanol–water partition coefficient (Wildman–Crippen LogP) is 1.39. The van der Waals surface area contributed by atoms with Gasteiger partial charge >= 0.3 is 0 Å². The van der Waals surface area contributed by atoms with Gasteiger partial charge in [-0.1, -0.05) is 26.0 Å². The quantitative estimate of drug-likeness (QED) is 0.561. The molecule has 10 heavy (non-hydrogen) atoms. The molecule has 0 spiro atoms. The summed E-state index contributed by atoms with van der Waals surface area (Å²) in [5.74, 6) is 0.440. The molecule has 64 valence electrons. The van der Waals surface area contributed by atoms with Gasteiger partial charge in [-0.2, -0.15) is 0 Å². The summed E-state index contributed by atoms with van der Waals surface area (Å²) in [6.07, 6.45) is 4.00. The van der Waals surface area contributed by atoms with Crippen LogP contribution in [0, 0.1) is 5.92 Å². The first-order chi connectivity index (χ1) is 4.18. The fraction of sp³-hybridized carbons (Fsp3) is 0.750. The van der Waals surface area contributed by atoms with E-state index < -0.39 is 0 Å². The van der Waals surface area contributed by atoms with Crippen molar-refractivity contribution in [1.29, 1.82) is 0 Å². The molecular weight excluding hydrogens is 128 g/mol. The molecule has 0 aromatic heterocycles. The number of aliphatic hydroxyl groups excluding tert-OH is 1. The lowest BCUT2D eigenvalue weighted by Crippen LogP contribution is -1.90. The number of rotatable bonds is 1. The van der Waals surface area contributed by atoms with Crippen LogP contribution in [0.25, 0.3) is 0 Å². The monoisotopic (exact) mass is 148 g/mol. The maximum atomic E-state index is 8.14. The van der Waals surface area contributed by atoms with Crippen LogP contribution in [0.2, 0.25) is 0 Å². The molecule has 0 saturated carbocycles. The molecule has 0 aromatic carbocycles. The zero-order chi connectivity index (χ0) is 7.70.